The fraction of sp³-hybridized carbons (Fsp3) is 0.481. The van der Waals surface area contributed by atoms with Crippen LogP contribution >= 0.6 is 0 Å². The van der Waals surface area contributed by atoms with E-state index < -0.39 is 0 Å². The number of rotatable bonds is 8. The van der Waals surface area contributed by atoms with Gasteiger partial charge in [-0.2, -0.15) is 9.97 Å². The van der Waals surface area contributed by atoms with Gasteiger partial charge in [0, 0.05) is 62.7 Å². The molecule has 0 atom stereocenters. The van der Waals surface area contributed by atoms with E-state index in [9.17, 15) is 4.79 Å². The minimum absolute atomic E-state index is 0.0490. The average molecular weight is 504 g/mol. The van der Waals surface area contributed by atoms with E-state index in [1.807, 2.05) is 13.4 Å². The molecule has 1 saturated carbocycles. The molecule has 2 aliphatic rings. The third-order valence-electron chi connectivity index (χ3n) is 7.49. The molecule has 0 unspecified atom stereocenters. The van der Waals surface area contributed by atoms with E-state index in [1.165, 1.54) is 11.8 Å². The van der Waals surface area contributed by atoms with Gasteiger partial charge in [-0.25, -0.2) is 4.98 Å². The monoisotopic (exact) mass is 503 g/mol. The molecular formula is C27H37N9O. The van der Waals surface area contributed by atoms with E-state index in [0.717, 1.165) is 55.9 Å². The first-order chi connectivity index (χ1) is 17.8. The molecule has 1 saturated heterocycles. The second-order valence-electron chi connectivity index (χ2n) is 10.4. The summed E-state index contributed by atoms with van der Waals surface area (Å²) in [5.41, 5.74) is 3.72. The number of nitrogens with zero attached hydrogens (tertiary/aromatic N) is 7. The van der Waals surface area contributed by atoms with E-state index in [-0.39, 0.29) is 24.0 Å². The summed E-state index contributed by atoms with van der Waals surface area (Å²) < 4.78 is 2.06. The van der Waals surface area contributed by atoms with Crippen LogP contribution in [0.25, 0.3) is 11.2 Å². The maximum absolute atomic E-state index is 11.9. The number of hydrogen-bond donors (Lipinski definition) is 2. The first-order valence-electron chi connectivity index (χ1n) is 13.0. The van der Waals surface area contributed by atoms with Crippen LogP contribution in [0.5, 0.6) is 0 Å². The van der Waals surface area contributed by atoms with Crippen LogP contribution in [0.15, 0.2) is 43.2 Å². The average Bonchev–Trinajstić information content (AvgIpc) is 3.31. The van der Waals surface area contributed by atoms with Crippen molar-refractivity contribution in [3.63, 3.8) is 0 Å². The summed E-state index contributed by atoms with van der Waals surface area (Å²) in [6, 6.07) is 9.13. The quantitative estimate of drug-likeness (QED) is 0.451. The van der Waals surface area contributed by atoms with E-state index in [2.05, 4.69) is 81.7 Å². The molecule has 0 spiro atoms. The number of hydrogen-bond acceptors (Lipinski definition) is 8. The van der Waals surface area contributed by atoms with Crippen molar-refractivity contribution in [1.29, 1.82) is 0 Å². The molecular weight excluding hydrogens is 466 g/mol. The third kappa shape index (κ3) is 5.24. The van der Waals surface area contributed by atoms with Gasteiger partial charge in [0.15, 0.2) is 17.0 Å². The minimum atomic E-state index is -0.0490. The van der Waals surface area contributed by atoms with Crippen LogP contribution in [0.3, 0.4) is 0 Å². The highest BCUT2D eigenvalue weighted by molar-refractivity contribution is 5.87. The number of anilines is 4. The molecule has 1 amide bonds. The number of likely N-dealkylation sites (N-methyl/N-ethyl adjacent to an activating group) is 2. The largest absolute Gasteiger partial charge is 0.369 e. The third-order valence-corrected chi connectivity index (χ3v) is 7.49. The zero-order valence-electron chi connectivity index (χ0n) is 22.2. The fourth-order valence-corrected chi connectivity index (χ4v) is 4.93. The standard InChI is InChI=1S/C27H37N9O/c1-6-23(37)34(5)22-15-20(16-22)30-27-31-25(24-26(32-27)36(17-28-24)18(2)3)29-19-7-9-21(10-8-19)35-13-11-33(4)12-14-35/h6-10,17-18,20,22H,1,11-16H2,2-5H3,(H2,29,30,31,32)/t20-,22-. The fourth-order valence-electron chi connectivity index (χ4n) is 4.93. The number of nitrogens with one attached hydrogen (secondary N) is 2. The smallest absolute Gasteiger partial charge is 0.245 e. The van der Waals surface area contributed by atoms with Gasteiger partial charge < -0.3 is 29.9 Å². The summed E-state index contributed by atoms with van der Waals surface area (Å²) >= 11 is 0. The summed E-state index contributed by atoms with van der Waals surface area (Å²) in [5.74, 6) is 1.19. The Labute approximate surface area is 218 Å². The lowest BCUT2D eigenvalue weighted by atomic mass is 9.85. The summed E-state index contributed by atoms with van der Waals surface area (Å²) in [6.07, 6.45) is 4.88. The van der Waals surface area contributed by atoms with E-state index in [1.54, 1.807) is 4.90 Å². The van der Waals surface area contributed by atoms with Gasteiger partial charge in [-0.3, -0.25) is 4.79 Å². The van der Waals surface area contributed by atoms with Crippen molar-refractivity contribution in [3.8, 4) is 0 Å². The van der Waals surface area contributed by atoms with Crippen molar-refractivity contribution < 1.29 is 4.79 Å². The van der Waals surface area contributed by atoms with Gasteiger partial charge in [-0.1, -0.05) is 6.58 Å². The van der Waals surface area contributed by atoms with Crippen LogP contribution in [0.2, 0.25) is 0 Å². The van der Waals surface area contributed by atoms with Gasteiger partial charge in [-0.05, 0) is 64.1 Å². The molecule has 10 nitrogen and oxygen atoms in total. The molecule has 5 rings (SSSR count). The molecule has 2 N–H and O–H groups in total. The van der Waals surface area contributed by atoms with Crippen LogP contribution in [-0.2, 0) is 4.79 Å². The summed E-state index contributed by atoms with van der Waals surface area (Å²) in [5, 5.41) is 6.95. The van der Waals surface area contributed by atoms with Crippen LogP contribution < -0.4 is 15.5 Å². The van der Waals surface area contributed by atoms with E-state index >= 15 is 0 Å². The Kier molecular flexibility index (Phi) is 7.01. The van der Waals surface area contributed by atoms with Gasteiger partial charge >= 0.3 is 0 Å². The van der Waals surface area contributed by atoms with Crippen molar-refractivity contribution in [3.05, 3.63) is 43.2 Å². The van der Waals surface area contributed by atoms with Crippen LogP contribution in [0.1, 0.15) is 32.7 Å². The molecule has 2 aromatic heterocycles. The molecule has 37 heavy (non-hydrogen) atoms. The Hall–Kier alpha value is -3.66. The minimum Gasteiger partial charge on any atom is -0.369 e. The Morgan fingerprint density at radius 3 is 2.49 bits per heavy atom. The number of benzene rings is 1. The zero-order chi connectivity index (χ0) is 26.1. The second kappa shape index (κ2) is 10.4. The molecule has 10 heteroatoms. The topological polar surface area (TPSA) is 94.5 Å². The lowest BCUT2D eigenvalue weighted by Crippen LogP contribution is -2.50. The Morgan fingerprint density at radius 1 is 1.14 bits per heavy atom. The van der Waals surface area contributed by atoms with Crippen molar-refractivity contribution in [2.75, 3.05) is 55.8 Å². The maximum Gasteiger partial charge on any atom is 0.245 e. The molecule has 1 aliphatic carbocycles. The first-order valence-corrected chi connectivity index (χ1v) is 13.0. The number of amides is 1. The highest BCUT2D eigenvalue weighted by Gasteiger charge is 2.34. The van der Waals surface area contributed by atoms with Gasteiger partial charge in [0.2, 0.25) is 11.9 Å². The highest BCUT2D eigenvalue weighted by Crippen LogP contribution is 2.31. The van der Waals surface area contributed by atoms with Gasteiger partial charge in [0.1, 0.15) is 0 Å². The number of carbonyl (C=O) groups is 1. The number of imidazole rings is 1. The van der Waals surface area contributed by atoms with Crippen molar-refractivity contribution in [2.45, 2.75) is 44.8 Å². The summed E-state index contributed by atoms with van der Waals surface area (Å²) in [4.78, 5) is 32.7. The highest BCUT2D eigenvalue weighted by atomic mass is 16.2. The van der Waals surface area contributed by atoms with Crippen molar-refractivity contribution in [1.82, 2.24) is 29.3 Å². The lowest BCUT2D eigenvalue weighted by molar-refractivity contribution is -0.128. The van der Waals surface area contributed by atoms with Crippen LogP contribution in [0, 0.1) is 0 Å². The molecule has 196 valence electrons. The predicted molar refractivity (Wildman–Crippen MR) is 149 cm³/mol. The summed E-state index contributed by atoms with van der Waals surface area (Å²) in [6.45, 7) is 12.0. The first kappa shape index (κ1) is 25.0. The lowest BCUT2D eigenvalue weighted by Gasteiger charge is -2.41. The van der Waals surface area contributed by atoms with Crippen molar-refractivity contribution in [2.24, 2.45) is 0 Å². The van der Waals surface area contributed by atoms with E-state index in [4.69, 9.17) is 9.97 Å². The SMILES string of the molecule is C=CC(=O)N(C)[C@H]1C[C@H](Nc2nc(Nc3ccc(N4CCN(C)CC4)cc3)c3ncn(C(C)C)c3n2)C1. The number of carbonyl (C=O) groups excluding carboxylic acids is 1. The van der Waals surface area contributed by atoms with Crippen LogP contribution in [-0.4, -0.2) is 87.6 Å². The molecule has 0 radical (unpaired) electrons. The normalized spacial score (nSPS) is 20.1. The zero-order valence-corrected chi connectivity index (χ0v) is 22.2. The molecule has 1 aliphatic heterocycles. The Bertz CT molecular complexity index is 1250. The molecule has 3 aromatic rings. The second-order valence-corrected chi connectivity index (χ2v) is 10.4. The Morgan fingerprint density at radius 2 is 1.84 bits per heavy atom. The number of fused-ring (bicyclic) bond motifs is 1. The van der Waals surface area contributed by atoms with Crippen LogP contribution in [0.4, 0.5) is 23.1 Å². The Balaban J connectivity index is 1.34. The molecule has 3 heterocycles. The number of aromatic nitrogens is 4. The molecule has 2 fully saturated rings. The molecule has 1 aromatic carbocycles. The predicted octanol–water partition coefficient (Wildman–Crippen LogP) is 3.49. The van der Waals surface area contributed by atoms with Gasteiger partial charge in [0.25, 0.3) is 0 Å². The van der Waals surface area contributed by atoms with Gasteiger partial charge in [-0.15, -0.1) is 0 Å². The number of piperazine rings is 1. The van der Waals surface area contributed by atoms with E-state index in [0.29, 0.717) is 11.8 Å². The molecule has 0 bridgehead atoms. The maximum atomic E-state index is 11.9. The summed E-state index contributed by atoms with van der Waals surface area (Å²) in [7, 11) is 3.99. The van der Waals surface area contributed by atoms with Gasteiger partial charge in [0.05, 0.1) is 6.33 Å². The van der Waals surface area contributed by atoms with Crippen molar-refractivity contribution >= 4 is 40.2 Å².